The summed E-state index contributed by atoms with van der Waals surface area (Å²) in [5.41, 5.74) is 2.08. The van der Waals surface area contributed by atoms with E-state index in [1.54, 1.807) is 0 Å². The van der Waals surface area contributed by atoms with Crippen LogP contribution in [-0.4, -0.2) is 19.4 Å². The second kappa shape index (κ2) is 5.29. The van der Waals surface area contributed by atoms with Crippen molar-refractivity contribution >= 4 is 15.9 Å². The summed E-state index contributed by atoms with van der Waals surface area (Å²) in [4.78, 5) is 0. The average Bonchev–Trinajstić information content (AvgIpc) is 2.24. The Morgan fingerprint density at radius 1 is 1.47 bits per heavy atom. The Hall–Kier alpha value is -0.850. The molecule has 1 aromatic carbocycles. The molecule has 0 heterocycles. The maximum Gasteiger partial charge on any atom is 0.168 e. The molecular formula is C9H11BrFNO3. The Bertz CT molecular complexity index is 360. The van der Waals surface area contributed by atoms with Gasteiger partial charge in [-0.25, -0.2) is 9.87 Å². The smallest absolute Gasteiger partial charge is 0.168 e. The Kier molecular flexibility index (Phi) is 4.31. The first-order chi connectivity index (χ1) is 7.15. The number of ether oxygens (including phenoxy) is 2. The molecule has 0 aromatic heterocycles. The summed E-state index contributed by atoms with van der Waals surface area (Å²) < 4.78 is 23.9. The fourth-order valence-corrected chi connectivity index (χ4v) is 1.70. The third-order valence-corrected chi connectivity index (χ3v) is 2.49. The van der Waals surface area contributed by atoms with Gasteiger partial charge < -0.3 is 14.7 Å². The normalized spacial score (nSPS) is 10.2. The van der Waals surface area contributed by atoms with E-state index in [0.717, 1.165) is 0 Å². The van der Waals surface area contributed by atoms with Gasteiger partial charge in [0.15, 0.2) is 11.5 Å². The van der Waals surface area contributed by atoms with E-state index in [1.165, 1.54) is 20.3 Å². The van der Waals surface area contributed by atoms with Crippen molar-refractivity contribution in [2.24, 2.45) is 0 Å². The Morgan fingerprint density at radius 2 is 2.13 bits per heavy atom. The summed E-state index contributed by atoms with van der Waals surface area (Å²) >= 11 is 3.05. The molecule has 0 atom stereocenters. The summed E-state index contributed by atoms with van der Waals surface area (Å²) in [5.74, 6) is 0.171. The van der Waals surface area contributed by atoms with Crippen molar-refractivity contribution in [3.63, 3.8) is 0 Å². The van der Waals surface area contributed by atoms with Crippen LogP contribution >= 0.6 is 15.9 Å². The fraction of sp³-hybridized carbons (Fsp3) is 0.333. The van der Waals surface area contributed by atoms with Crippen LogP contribution in [0.25, 0.3) is 0 Å². The van der Waals surface area contributed by atoms with E-state index in [4.69, 9.17) is 14.7 Å². The molecule has 0 spiro atoms. The molecule has 0 bridgehead atoms. The van der Waals surface area contributed by atoms with Gasteiger partial charge in [-0.1, -0.05) is 0 Å². The summed E-state index contributed by atoms with van der Waals surface area (Å²) in [6.07, 6.45) is 0. The predicted molar refractivity (Wildman–Crippen MR) is 55.8 cm³/mol. The lowest BCUT2D eigenvalue weighted by Crippen LogP contribution is -2.10. The number of rotatable bonds is 4. The number of benzene rings is 1. The molecule has 0 fully saturated rings. The van der Waals surface area contributed by atoms with Gasteiger partial charge in [0.25, 0.3) is 0 Å². The first kappa shape index (κ1) is 12.2. The summed E-state index contributed by atoms with van der Waals surface area (Å²) in [5, 5.41) is 8.59. The van der Waals surface area contributed by atoms with Crippen LogP contribution in [0.15, 0.2) is 10.5 Å². The molecule has 6 heteroatoms. The van der Waals surface area contributed by atoms with Gasteiger partial charge in [0.2, 0.25) is 0 Å². The summed E-state index contributed by atoms with van der Waals surface area (Å²) in [6, 6.07) is 1.47. The second-order valence-corrected chi connectivity index (χ2v) is 3.58. The molecule has 84 valence electrons. The van der Waals surface area contributed by atoms with Gasteiger partial charge in [-0.05, 0) is 15.9 Å². The van der Waals surface area contributed by atoms with Crippen LogP contribution < -0.4 is 15.0 Å². The lowest BCUT2D eigenvalue weighted by atomic mass is 10.1. The quantitative estimate of drug-likeness (QED) is 0.829. The van der Waals surface area contributed by atoms with Gasteiger partial charge in [0, 0.05) is 6.07 Å². The van der Waals surface area contributed by atoms with Gasteiger partial charge in [0.05, 0.1) is 30.8 Å². The molecule has 0 aliphatic rings. The van der Waals surface area contributed by atoms with E-state index < -0.39 is 5.82 Å². The Morgan fingerprint density at radius 3 is 2.60 bits per heavy atom. The molecular weight excluding hydrogens is 269 g/mol. The molecule has 0 radical (unpaired) electrons. The minimum atomic E-state index is -0.491. The van der Waals surface area contributed by atoms with Crippen molar-refractivity contribution in [2.45, 2.75) is 6.54 Å². The van der Waals surface area contributed by atoms with Crippen molar-refractivity contribution in [3.05, 3.63) is 21.9 Å². The third kappa shape index (κ3) is 2.39. The van der Waals surface area contributed by atoms with E-state index in [0.29, 0.717) is 5.75 Å². The van der Waals surface area contributed by atoms with Crippen molar-refractivity contribution in [2.75, 3.05) is 14.2 Å². The molecule has 0 aliphatic heterocycles. The topological polar surface area (TPSA) is 50.7 Å². The number of methoxy groups -OCH3 is 2. The van der Waals surface area contributed by atoms with E-state index >= 15 is 0 Å². The molecule has 0 amide bonds. The molecule has 15 heavy (non-hydrogen) atoms. The maximum atomic E-state index is 13.6. The molecule has 0 aliphatic carbocycles. The van der Waals surface area contributed by atoms with Crippen molar-refractivity contribution in [1.82, 2.24) is 5.48 Å². The van der Waals surface area contributed by atoms with Gasteiger partial charge in [-0.15, -0.1) is 0 Å². The zero-order chi connectivity index (χ0) is 11.4. The van der Waals surface area contributed by atoms with E-state index in [2.05, 4.69) is 15.9 Å². The highest BCUT2D eigenvalue weighted by Gasteiger charge is 2.18. The van der Waals surface area contributed by atoms with Crippen LogP contribution in [0.3, 0.4) is 0 Å². The van der Waals surface area contributed by atoms with Crippen LogP contribution in [-0.2, 0) is 6.54 Å². The van der Waals surface area contributed by atoms with Crippen LogP contribution in [0.5, 0.6) is 11.5 Å². The monoisotopic (exact) mass is 279 g/mol. The van der Waals surface area contributed by atoms with Crippen LogP contribution in [0.4, 0.5) is 4.39 Å². The van der Waals surface area contributed by atoms with Gasteiger partial charge in [-0.3, -0.25) is 0 Å². The third-order valence-electron chi connectivity index (χ3n) is 1.91. The molecule has 0 unspecified atom stereocenters. The van der Waals surface area contributed by atoms with Crippen molar-refractivity contribution < 1.29 is 19.1 Å². The summed E-state index contributed by atoms with van der Waals surface area (Å²) in [6.45, 7) is -0.0647. The molecule has 1 aromatic rings. The number of nitrogens with one attached hydrogen (secondary N) is 1. The van der Waals surface area contributed by atoms with Gasteiger partial charge >= 0.3 is 0 Å². The maximum absolute atomic E-state index is 13.6. The minimum Gasteiger partial charge on any atom is -0.493 e. The molecule has 0 saturated carbocycles. The van der Waals surface area contributed by atoms with E-state index in [1.807, 2.05) is 5.48 Å². The number of hydroxylamine groups is 1. The zero-order valence-corrected chi connectivity index (χ0v) is 9.89. The van der Waals surface area contributed by atoms with Gasteiger partial charge in [0.1, 0.15) is 5.82 Å². The number of halogens is 2. The van der Waals surface area contributed by atoms with Crippen LogP contribution in [0.1, 0.15) is 5.56 Å². The first-order valence-electron chi connectivity index (χ1n) is 4.11. The second-order valence-electron chi connectivity index (χ2n) is 2.72. The van der Waals surface area contributed by atoms with Crippen molar-refractivity contribution in [3.8, 4) is 11.5 Å². The first-order valence-corrected chi connectivity index (χ1v) is 4.90. The number of hydrogen-bond donors (Lipinski definition) is 2. The zero-order valence-electron chi connectivity index (χ0n) is 8.30. The van der Waals surface area contributed by atoms with Gasteiger partial charge in [-0.2, -0.15) is 0 Å². The van der Waals surface area contributed by atoms with E-state index in [9.17, 15) is 4.39 Å². The lowest BCUT2D eigenvalue weighted by molar-refractivity contribution is 0.158. The Labute approximate surface area is 95.1 Å². The van der Waals surface area contributed by atoms with Crippen molar-refractivity contribution in [1.29, 1.82) is 0 Å². The highest BCUT2D eigenvalue weighted by atomic mass is 79.9. The minimum absolute atomic E-state index is 0.0647. The van der Waals surface area contributed by atoms with E-state index in [-0.39, 0.29) is 22.3 Å². The Balaban J connectivity index is 3.35. The van der Waals surface area contributed by atoms with Crippen LogP contribution in [0.2, 0.25) is 0 Å². The highest BCUT2D eigenvalue weighted by molar-refractivity contribution is 9.10. The highest BCUT2D eigenvalue weighted by Crippen LogP contribution is 2.37. The molecule has 0 saturated heterocycles. The largest absolute Gasteiger partial charge is 0.493 e. The predicted octanol–water partition coefficient (Wildman–Crippen LogP) is 2.08. The lowest BCUT2D eigenvalue weighted by Gasteiger charge is -2.14. The fourth-order valence-electron chi connectivity index (χ4n) is 1.25. The summed E-state index contributed by atoms with van der Waals surface area (Å²) in [7, 11) is 2.87. The SMILES string of the molecule is COc1cc(Br)c(F)c(CNO)c1OC. The molecule has 2 N–H and O–H groups in total. The standard InChI is InChI=1S/C9H11BrFNO3/c1-14-7-3-6(10)8(11)5(4-12-13)9(7)15-2/h3,12-13H,4H2,1-2H3. The molecule has 4 nitrogen and oxygen atoms in total. The molecule has 1 rings (SSSR count). The number of hydrogen-bond acceptors (Lipinski definition) is 4. The van der Waals surface area contributed by atoms with Crippen LogP contribution in [0, 0.1) is 5.82 Å². The average molecular weight is 280 g/mol.